The molecule has 0 aliphatic heterocycles. The van der Waals surface area contributed by atoms with Gasteiger partial charge >= 0.3 is 5.97 Å². The predicted octanol–water partition coefficient (Wildman–Crippen LogP) is 4.78. The van der Waals surface area contributed by atoms with E-state index in [9.17, 15) is 14.0 Å². The monoisotopic (exact) mass is 449 g/mol. The molecule has 3 atom stereocenters. The van der Waals surface area contributed by atoms with Crippen LogP contribution in [0.4, 0.5) is 4.39 Å². The van der Waals surface area contributed by atoms with Gasteiger partial charge in [0.15, 0.2) is 6.61 Å². The number of halogens is 1. The minimum Gasteiger partial charge on any atom is -0.452 e. The molecule has 1 aliphatic rings. The largest absolute Gasteiger partial charge is 0.452 e. The van der Waals surface area contributed by atoms with Crippen LogP contribution in [0.15, 0.2) is 60.8 Å². The van der Waals surface area contributed by atoms with E-state index in [0.29, 0.717) is 23.1 Å². The Kier molecular flexibility index (Phi) is 6.87. The second-order valence-corrected chi connectivity index (χ2v) is 8.70. The summed E-state index contributed by atoms with van der Waals surface area (Å²) >= 11 is 0. The van der Waals surface area contributed by atoms with Crippen LogP contribution in [0.5, 0.6) is 0 Å². The molecule has 172 valence electrons. The lowest BCUT2D eigenvalue weighted by Gasteiger charge is -2.34. The Morgan fingerprint density at radius 3 is 2.55 bits per heavy atom. The molecule has 0 bridgehead atoms. The minimum absolute atomic E-state index is 0.0931. The van der Waals surface area contributed by atoms with Crippen molar-refractivity contribution >= 4 is 11.9 Å². The molecule has 2 aromatic carbocycles. The number of carbonyl (C=O) groups is 2. The molecule has 1 aromatic heterocycles. The number of hydrogen-bond acceptors (Lipinski definition) is 4. The third kappa shape index (κ3) is 5.30. The fourth-order valence-corrected chi connectivity index (χ4v) is 4.30. The van der Waals surface area contributed by atoms with Gasteiger partial charge in [0.25, 0.3) is 5.91 Å². The van der Waals surface area contributed by atoms with E-state index in [1.54, 1.807) is 23.0 Å². The van der Waals surface area contributed by atoms with Gasteiger partial charge in [0.05, 0.1) is 5.69 Å². The van der Waals surface area contributed by atoms with Gasteiger partial charge in [-0.2, -0.15) is 5.10 Å². The summed E-state index contributed by atoms with van der Waals surface area (Å²) in [5.41, 5.74) is 1.91. The predicted molar refractivity (Wildman–Crippen MR) is 123 cm³/mol. The molecule has 1 heterocycles. The van der Waals surface area contributed by atoms with E-state index in [1.165, 1.54) is 18.6 Å². The van der Waals surface area contributed by atoms with Crippen molar-refractivity contribution in [2.24, 2.45) is 11.8 Å². The van der Waals surface area contributed by atoms with Gasteiger partial charge in [0.2, 0.25) is 0 Å². The van der Waals surface area contributed by atoms with Crippen LogP contribution >= 0.6 is 0 Å². The van der Waals surface area contributed by atoms with Gasteiger partial charge in [-0.1, -0.05) is 44.9 Å². The van der Waals surface area contributed by atoms with E-state index in [2.05, 4.69) is 24.3 Å². The topological polar surface area (TPSA) is 73.2 Å². The second-order valence-electron chi connectivity index (χ2n) is 8.70. The summed E-state index contributed by atoms with van der Waals surface area (Å²) in [6.45, 7) is 3.98. The van der Waals surface area contributed by atoms with Crippen LogP contribution in [0.3, 0.4) is 0 Å². The van der Waals surface area contributed by atoms with Gasteiger partial charge in [-0.25, -0.2) is 13.9 Å². The van der Waals surface area contributed by atoms with Gasteiger partial charge in [-0.15, -0.1) is 0 Å². The molecule has 3 aromatic rings. The molecule has 1 amide bonds. The molecule has 33 heavy (non-hydrogen) atoms. The average Bonchev–Trinajstić information content (AvgIpc) is 3.27. The van der Waals surface area contributed by atoms with Crippen molar-refractivity contribution in [1.29, 1.82) is 0 Å². The molecule has 1 saturated carbocycles. The van der Waals surface area contributed by atoms with Crippen molar-refractivity contribution in [3.8, 4) is 16.9 Å². The number of benzene rings is 2. The Hall–Kier alpha value is -3.48. The fraction of sp³-hybridized carbons (Fsp3) is 0.346. The van der Waals surface area contributed by atoms with Crippen LogP contribution < -0.4 is 5.32 Å². The molecule has 0 unspecified atom stereocenters. The second kappa shape index (κ2) is 9.98. The highest BCUT2D eigenvalue weighted by Crippen LogP contribution is 2.29. The number of hydrogen-bond donors (Lipinski definition) is 1. The Morgan fingerprint density at radius 1 is 1.09 bits per heavy atom. The zero-order valence-electron chi connectivity index (χ0n) is 18.8. The molecule has 1 fully saturated rings. The Bertz CT molecular complexity index is 1110. The number of nitrogens with one attached hydrogen (secondary N) is 1. The van der Waals surface area contributed by atoms with Gasteiger partial charge in [0.1, 0.15) is 17.1 Å². The summed E-state index contributed by atoms with van der Waals surface area (Å²) in [4.78, 5) is 25.4. The third-order valence-corrected chi connectivity index (χ3v) is 6.46. The smallest absolute Gasteiger partial charge is 0.342 e. The molecular weight excluding hydrogens is 421 g/mol. The van der Waals surface area contributed by atoms with Crippen LogP contribution in [0.1, 0.15) is 43.5 Å². The summed E-state index contributed by atoms with van der Waals surface area (Å²) in [5, 5.41) is 7.54. The molecule has 1 aliphatic carbocycles. The minimum atomic E-state index is -0.656. The first-order valence-electron chi connectivity index (χ1n) is 11.3. The lowest BCUT2D eigenvalue weighted by Crippen LogP contribution is -2.45. The Balaban J connectivity index is 1.50. The van der Waals surface area contributed by atoms with Gasteiger partial charge in [-0.3, -0.25) is 4.79 Å². The molecule has 0 saturated heterocycles. The van der Waals surface area contributed by atoms with Crippen molar-refractivity contribution in [3.05, 3.63) is 72.2 Å². The molecule has 0 radical (unpaired) electrons. The lowest BCUT2D eigenvalue weighted by atomic mass is 9.78. The number of carbonyl (C=O) groups excluding carboxylic acids is 2. The normalized spacial score (nSPS) is 20.3. The zero-order valence-corrected chi connectivity index (χ0v) is 18.8. The van der Waals surface area contributed by atoms with Crippen molar-refractivity contribution in [2.75, 3.05) is 6.61 Å². The lowest BCUT2D eigenvalue weighted by molar-refractivity contribution is -0.125. The maximum absolute atomic E-state index is 13.4. The van der Waals surface area contributed by atoms with Crippen LogP contribution in [0, 0.1) is 17.7 Å². The molecule has 4 rings (SSSR count). The molecular formula is C26H28FN3O3. The summed E-state index contributed by atoms with van der Waals surface area (Å²) < 4.78 is 20.3. The quantitative estimate of drug-likeness (QED) is 0.550. The van der Waals surface area contributed by atoms with Crippen LogP contribution in [-0.4, -0.2) is 34.3 Å². The van der Waals surface area contributed by atoms with Crippen molar-refractivity contribution in [1.82, 2.24) is 15.1 Å². The maximum Gasteiger partial charge on any atom is 0.342 e. The number of para-hydroxylation sites is 1. The average molecular weight is 450 g/mol. The standard InChI is InChI=1S/C26H28FN3O3/c1-17-7-6-10-23(18(17)2)28-24(31)16-33-26(32)22-15-30(21-8-4-3-5-9-21)29-25(22)19-11-13-20(27)14-12-19/h3-5,8-9,11-15,17-18,23H,6-7,10,16H2,1-2H3,(H,28,31)/t17-,18+,23-/m0/s1. The van der Waals surface area contributed by atoms with Gasteiger partial charge in [0, 0.05) is 17.8 Å². The summed E-state index contributed by atoms with van der Waals surface area (Å²) in [6, 6.07) is 15.2. The third-order valence-electron chi connectivity index (χ3n) is 6.46. The van der Waals surface area contributed by atoms with Crippen molar-refractivity contribution in [2.45, 2.75) is 39.2 Å². The number of amides is 1. The molecule has 7 heteroatoms. The fourth-order valence-electron chi connectivity index (χ4n) is 4.30. The highest BCUT2D eigenvalue weighted by atomic mass is 19.1. The SMILES string of the molecule is C[C@H]1[C@@H](NC(=O)COC(=O)c2cn(-c3ccccc3)nc2-c2ccc(F)cc2)CCC[C@@H]1C. The Labute approximate surface area is 192 Å². The summed E-state index contributed by atoms with van der Waals surface area (Å²) in [6.07, 6.45) is 4.75. The number of aromatic nitrogens is 2. The Morgan fingerprint density at radius 2 is 1.82 bits per heavy atom. The molecule has 6 nitrogen and oxygen atoms in total. The maximum atomic E-state index is 13.4. The first-order chi connectivity index (χ1) is 15.9. The first-order valence-corrected chi connectivity index (χ1v) is 11.3. The highest BCUT2D eigenvalue weighted by Gasteiger charge is 2.28. The highest BCUT2D eigenvalue weighted by molar-refractivity contribution is 5.97. The number of nitrogens with zero attached hydrogens (tertiary/aromatic N) is 2. The van der Waals surface area contributed by atoms with Gasteiger partial charge < -0.3 is 10.1 Å². The van der Waals surface area contributed by atoms with Crippen LogP contribution in [0.2, 0.25) is 0 Å². The van der Waals surface area contributed by atoms with Crippen molar-refractivity contribution < 1.29 is 18.7 Å². The van der Waals surface area contributed by atoms with Crippen LogP contribution in [0.25, 0.3) is 16.9 Å². The van der Waals surface area contributed by atoms with E-state index >= 15 is 0 Å². The van der Waals surface area contributed by atoms with Crippen molar-refractivity contribution in [3.63, 3.8) is 0 Å². The van der Waals surface area contributed by atoms with E-state index in [4.69, 9.17) is 4.74 Å². The molecule has 1 N–H and O–H groups in total. The van der Waals surface area contributed by atoms with E-state index in [0.717, 1.165) is 18.5 Å². The summed E-state index contributed by atoms with van der Waals surface area (Å²) in [5.74, 6) is -0.417. The summed E-state index contributed by atoms with van der Waals surface area (Å²) in [7, 11) is 0. The van der Waals surface area contributed by atoms with E-state index in [-0.39, 0.29) is 29.9 Å². The van der Waals surface area contributed by atoms with E-state index < -0.39 is 5.97 Å². The van der Waals surface area contributed by atoms with Gasteiger partial charge in [-0.05, 0) is 54.7 Å². The van der Waals surface area contributed by atoms with Crippen LogP contribution in [-0.2, 0) is 9.53 Å². The molecule has 0 spiro atoms. The zero-order chi connectivity index (χ0) is 23.4. The first kappa shape index (κ1) is 22.7. The number of esters is 1. The number of ether oxygens (including phenoxy) is 1. The number of rotatable bonds is 6. The van der Waals surface area contributed by atoms with E-state index in [1.807, 2.05) is 30.3 Å².